The molecule has 1 aromatic carbocycles. The van der Waals surface area contributed by atoms with Crippen molar-refractivity contribution in [1.29, 1.82) is 0 Å². The van der Waals surface area contributed by atoms with Gasteiger partial charge in [0.05, 0.1) is 11.3 Å². The topological polar surface area (TPSA) is 88.4 Å². The molecule has 0 saturated carbocycles. The lowest BCUT2D eigenvalue weighted by molar-refractivity contribution is 0.303. The molecule has 0 fully saturated rings. The first kappa shape index (κ1) is 14.3. The highest BCUT2D eigenvalue weighted by Crippen LogP contribution is 2.32. The van der Waals surface area contributed by atoms with Crippen LogP contribution in [0.4, 0.5) is 5.69 Å². The van der Waals surface area contributed by atoms with Crippen LogP contribution < -0.4 is 5.73 Å². The first-order valence-electron chi connectivity index (χ1n) is 6.78. The zero-order valence-corrected chi connectivity index (χ0v) is 11.8. The van der Waals surface area contributed by atoms with E-state index in [0.717, 1.165) is 19.6 Å². The summed E-state index contributed by atoms with van der Waals surface area (Å²) in [5.41, 5.74) is 6.41. The van der Waals surface area contributed by atoms with E-state index in [-0.39, 0.29) is 5.75 Å². The summed E-state index contributed by atoms with van der Waals surface area (Å²) in [5, 5.41) is 13.8. The Kier molecular flexibility index (Phi) is 4.57. The molecule has 2 rings (SSSR count). The summed E-state index contributed by atoms with van der Waals surface area (Å²) in [5.74, 6) is 0.907. The second-order valence-electron chi connectivity index (χ2n) is 4.54. The number of nitrogens with zero attached hydrogens (tertiary/aromatic N) is 3. The van der Waals surface area contributed by atoms with Gasteiger partial charge in [-0.25, -0.2) is 0 Å². The number of phenols is 1. The minimum atomic E-state index is -0.0218. The molecule has 2 aromatic rings. The van der Waals surface area contributed by atoms with Gasteiger partial charge in [0.2, 0.25) is 0 Å². The number of phenolic OH excluding ortho intramolecular Hbond substituents is 1. The second kappa shape index (κ2) is 6.38. The van der Waals surface area contributed by atoms with Crippen molar-refractivity contribution in [3.8, 4) is 17.2 Å². The minimum Gasteiger partial charge on any atom is -0.505 e. The van der Waals surface area contributed by atoms with Crippen LogP contribution in [0.1, 0.15) is 19.7 Å². The molecule has 1 heterocycles. The summed E-state index contributed by atoms with van der Waals surface area (Å²) in [6, 6.07) is 5.06. The average Bonchev–Trinajstić information content (AvgIpc) is 2.92. The summed E-state index contributed by atoms with van der Waals surface area (Å²) in [6.45, 7) is 7.12. The summed E-state index contributed by atoms with van der Waals surface area (Å²) >= 11 is 0. The molecule has 0 atom stereocenters. The lowest BCUT2D eigenvalue weighted by Crippen LogP contribution is -2.25. The van der Waals surface area contributed by atoms with Gasteiger partial charge in [-0.1, -0.05) is 25.1 Å². The standard InChI is InChI=1S/C14H20N4O2/c1-3-18(4-2)9-8-12-16-14(20-17-12)10-6-5-7-11(15)13(10)19/h5-7,19H,3-4,8-9,15H2,1-2H3. The summed E-state index contributed by atoms with van der Waals surface area (Å²) < 4.78 is 5.19. The van der Waals surface area contributed by atoms with Crippen LogP contribution >= 0.6 is 0 Å². The van der Waals surface area contributed by atoms with Crippen LogP contribution in [0.2, 0.25) is 0 Å². The molecule has 0 saturated heterocycles. The lowest BCUT2D eigenvalue weighted by Gasteiger charge is -2.16. The smallest absolute Gasteiger partial charge is 0.261 e. The molecule has 0 aliphatic heterocycles. The fraction of sp³-hybridized carbons (Fsp3) is 0.429. The van der Waals surface area contributed by atoms with E-state index in [1.54, 1.807) is 18.2 Å². The van der Waals surface area contributed by atoms with Crippen molar-refractivity contribution in [2.45, 2.75) is 20.3 Å². The third-order valence-electron chi connectivity index (χ3n) is 3.31. The van der Waals surface area contributed by atoms with E-state index in [2.05, 4.69) is 28.9 Å². The fourth-order valence-electron chi connectivity index (χ4n) is 2.00. The monoisotopic (exact) mass is 276 g/mol. The molecular formula is C14H20N4O2. The van der Waals surface area contributed by atoms with Crippen LogP contribution in [0.3, 0.4) is 0 Å². The second-order valence-corrected chi connectivity index (χ2v) is 4.54. The molecule has 0 unspecified atom stereocenters. The van der Waals surface area contributed by atoms with Gasteiger partial charge in [0.25, 0.3) is 5.89 Å². The number of nitrogen functional groups attached to an aromatic ring is 1. The highest BCUT2D eigenvalue weighted by Gasteiger charge is 2.14. The number of aromatic hydroxyl groups is 1. The minimum absolute atomic E-state index is 0.0218. The molecule has 0 amide bonds. The number of benzene rings is 1. The van der Waals surface area contributed by atoms with E-state index in [1.165, 1.54) is 0 Å². The van der Waals surface area contributed by atoms with Gasteiger partial charge >= 0.3 is 0 Å². The van der Waals surface area contributed by atoms with Gasteiger partial charge in [0.15, 0.2) is 11.6 Å². The molecule has 0 spiro atoms. The maximum atomic E-state index is 9.89. The van der Waals surface area contributed by atoms with Crippen molar-refractivity contribution >= 4 is 5.69 Å². The quantitative estimate of drug-likeness (QED) is 0.619. The van der Waals surface area contributed by atoms with Gasteiger partial charge in [-0.15, -0.1) is 0 Å². The maximum absolute atomic E-state index is 9.89. The Morgan fingerprint density at radius 3 is 2.75 bits per heavy atom. The number of hydrogen-bond acceptors (Lipinski definition) is 6. The number of anilines is 1. The van der Waals surface area contributed by atoms with Crippen LogP contribution in [0.25, 0.3) is 11.5 Å². The average molecular weight is 276 g/mol. The summed E-state index contributed by atoms with van der Waals surface area (Å²) in [6.07, 6.45) is 0.717. The molecule has 3 N–H and O–H groups in total. The molecule has 0 aliphatic carbocycles. The number of hydrogen-bond donors (Lipinski definition) is 2. The molecule has 20 heavy (non-hydrogen) atoms. The number of rotatable bonds is 6. The van der Waals surface area contributed by atoms with Crippen molar-refractivity contribution in [3.63, 3.8) is 0 Å². The lowest BCUT2D eigenvalue weighted by atomic mass is 10.2. The predicted octanol–water partition coefficient (Wildman–Crippen LogP) is 1.91. The summed E-state index contributed by atoms with van der Waals surface area (Å²) in [4.78, 5) is 6.59. The Hall–Kier alpha value is -2.08. The van der Waals surface area contributed by atoms with E-state index in [0.29, 0.717) is 29.4 Å². The van der Waals surface area contributed by atoms with Gasteiger partial charge < -0.3 is 20.3 Å². The number of aromatic nitrogens is 2. The Balaban J connectivity index is 2.11. The molecule has 108 valence electrons. The fourth-order valence-corrected chi connectivity index (χ4v) is 2.00. The normalized spacial score (nSPS) is 11.2. The van der Waals surface area contributed by atoms with E-state index in [1.807, 2.05) is 0 Å². The molecule has 0 radical (unpaired) electrons. The molecule has 6 heteroatoms. The van der Waals surface area contributed by atoms with Crippen LogP contribution in [-0.4, -0.2) is 39.8 Å². The molecule has 1 aromatic heterocycles. The van der Waals surface area contributed by atoms with Gasteiger partial charge in [-0.2, -0.15) is 4.98 Å². The van der Waals surface area contributed by atoms with Crippen molar-refractivity contribution in [1.82, 2.24) is 15.0 Å². The predicted molar refractivity (Wildman–Crippen MR) is 77.3 cm³/mol. The molecular weight excluding hydrogens is 256 g/mol. The SMILES string of the molecule is CCN(CC)CCc1noc(-c2cccc(N)c2O)n1. The van der Waals surface area contributed by atoms with Crippen molar-refractivity contribution in [3.05, 3.63) is 24.0 Å². The Bertz CT molecular complexity index is 564. The largest absolute Gasteiger partial charge is 0.505 e. The zero-order chi connectivity index (χ0) is 14.5. The Morgan fingerprint density at radius 2 is 2.05 bits per heavy atom. The summed E-state index contributed by atoms with van der Waals surface area (Å²) in [7, 11) is 0. The zero-order valence-electron chi connectivity index (χ0n) is 11.8. The number of nitrogens with two attached hydrogens (primary N) is 1. The van der Waals surface area contributed by atoms with Gasteiger partial charge in [-0.05, 0) is 25.2 Å². The van der Waals surface area contributed by atoms with E-state index >= 15 is 0 Å². The first-order valence-corrected chi connectivity index (χ1v) is 6.78. The molecule has 0 aliphatic rings. The maximum Gasteiger partial charge on any atom is 0.261 e. The van der Waals surface area contributed by atoms with Crippen LogP contribution in [0.15, 0.2) is 22.7 Å². The van der Waals surface area contributed by atoms with Crippen molar-refractivity contribution in [2.24, 2.45) is 0 Å². The van der Waals surface area contributed by atoms with Crippen LogP contribution in [0.5, 0.6) is 5.75 Å². The third-order valence-corrected chi connectivity index (χ3v) is 3.31. The Labute approximate surface area is 118 Å². The van der Waals surface area contributed by atoms with Crippen LogP contribution in [-0.2, 0) is 6.42 Å². The van der Waals surface area contributed by atoms with Crippen molar-refractivity contribution < 1.29 is 9.63 Å². The van der Waals surface area contributed by atoms with Gasteiger partial charge in [-0.3, -0.25) is 0 Å². The first-order chi connectivity index (χ1) is 9.65. The highest BCUT2D eigenvalue weighted by molar-refractivity contribution is 5.71. The molecule has 6 nitrogen and oxygen atoms in total. The Morgan fingerprint density at radius 1 is 1.30 bits per heavy atom. The molecule has 0 bridgehead atoms. The third kappa shape index (κ3) is 3.08. The van der Waals surface area contributed by atoms with Crippen LogP contribution in [0, 0.1) is 0 Å². The van der Waals surface area contributed by atoms with Gasteiger partial charge in [0.1, 0.15) is 0 Å². The highest BCUT2D eigenvalue weighted by atomic mass is 16.5. The van der Waals surface area contributed by atoms with Crippen molar-refractivity contribution in [2.75, 3.05) is 25.4 Å². The number of likely N-dealkylation sites (N-methyl/N-ethyl adjacent to an activating group) is 1. The van der Waals surface area contributed by atoms with E-state index in [9.17, 15) is 5.11 Å². The van der Waals surface area contributed by atoms with E-state index in [4.69, 9.17) is 10.3 Å². The van der Waals surface area contributed by atoms with Gasteiger partial charge in [0, 0.05) is 13.0 Å². The van der Waals surface area contributed by atoms with E-state index < -0.39 is 0 Å². The number of para-hydroxylation sites is 1.